The number of nitrogens with one attached hydrogen (secondary N) is 1. The summed E-state index contributed by atoms with van der Waals surface area (Å²) in [5, 5.41) is 20.6. The SMILES string of the molecule is CC(C)(CNc1ccc(CC#N)cc1)C(=O)O. The molecule has 1 aromatic rings. The van der Waals surface area contributed by atoms with Crippen LogP contribution in [0.3, 0.4) is 0 Å². The summed E-state index contributed by atoms with van der Waals surface area (Å²) in [7, 11) is 0. The highest BCUT2D eigenvalue weighted by Crippen LogP contribution is 2.17. The van der Waals surface area contributed by atoms with Crippen molar-refractivity contribution in [2.45, 2.75) is 20.3 Å². The fourth-order valence-corrected chi connectivity index (χ4v) is 1.23. The molecule has 1 aromatic carbocycles. The van der Waals surface area contributed by atoms with E-state index >= 15 is 0 Å². The van der Waals surface area contributed by atoms with Crippen molar-refractivity contribution >= 4 is 11.7 Å². The van der Waals surface area contributed by atoms with Crippen molar-refractivity contribution in [1.82, 2.24) is 0 Å². The first-order valence-electron chi connectivity index (χ1n) is 5.39. The normalized spacial score (nSPS) is 10.6. The standard InChI is InChI=1S/C13H16N2O2/c1-13(2,12(16)17)9-15-11-5-3-10(4-6-11)7-8-14/h3-6,15H,7,9H2,1-2H3,(H,16,17). The van der Waals surface area contributed by atoms with E-state index in [4.69, 9.17) is 10.4 Å². The van der Waals surface area contributed by atoms with E-state index in [1.165, 1.54) is 0 Å². The van der Waals surface area contributed by atoms with E-state index in [2.05, 4.69) is 11.4 Å². The zero-order chi connectivity index (χ0) is 12.9. The molecule has 0 fully saturated rings. The Kier molecular flexibility index (Phi) is 4.11. The summed E-state index contributed by atoms with van der Waals surface area (Å²) < 4.78 is 0. The Morgan fingerprint density at radius 2 is 2.00 bits per heavy atom. The van der Waals surface area contributed by atoms with E-state index in [1.54, 1.807) is 13.8 Å². The molecule has 4 heteroatoms. The summed E-state index contributed by atoms with van der Waals surface area (Å²) in [6.45, 7) is 3.71. The van der Waals surface area contributed by atoms with Crippen LogP contribution >= 0.6 is 0 Å². The first-order chi connectivity index (χ1) is 7.95. The lowest BCUT2D eigenvalue weighted by Gasteiger charge is -2.20. The fraction of sp³-hybridized carbons (Fsp3) is 0.385. The van der Waals surface area contributed by atoms with Crippen molar-refractivity contribution in [1.29, 1.82) is 5.26 Å². The molecule has 2 N–H and O–H groups in total. The minimum absolute atomic E-state index is 0.361. The number of nitriles is 1. The molecular weight excluding hydrogens is 216 g/mol. The Balaban J connectivity index is 2.59. The average Bonchev–Trinajstić information content (AvgIpc) is 2.28. The lowest BCUT2D eigenvalue weighted by atomic mass is 9.94. The monoisotopic (exact) mass is 232 g/mol. The van der Waals surface area contributed by atoms with Crippen molar-refractivity contribution in [2.24, 2.45) is 5.41 Å². The number of aliphatic carboxylic acids is 1. The minimum Gasteiger partial charge on any atom is -0.481 e. The van der Waals surface area contributed by atoms with Crippen LogP contribution in [0.15, 0.2) is 24.3 Å². The topological polar surface area (TPSA) is 73.1 Å². The van der Waals surface area contributed by atoms with Crippen LogP contribution in [0, 0.1) is 16.7 Å². The van der Waals surface area contributed by atoms with Gasteiger partial charge in [-0.25, -0.2) is 0 Å². The van der Waals surface area contributed by atoms with Gasteiger partial charge in [-0.2, -0.15) is 5.26 Å². The largest absolute Gasteiger partial charge is 0.481 e. The zero-order valence-corrected chi connectivity index (χ0v) is 10.0. The minimum atomic E-state index is -0.828. The predicted molar refractivity (Wildman–Crippen MR) is 65.7 cm³/mol. The molecule has 0 radical (unpaired) electrons. The Hall–Kier alpha value is -2.02. The van der Waals surface area contributed by atoms with E-state index in [1.807, 2.05) is 24.3 Å². The predicted octanol–water partition coefficient (Wildman–Crippen LogP) is 2.28. The number of carboxylic acid groups (broad SMARTS) is 1. The van der Waals surface area contributed by atoms with Gasteiger partial charge in [0.25, 0.3) is 0 Å². The van der Waals surface area contributed by atoms with Crippen LogP contribution in [-0.4, -0.2) is 17.6 Å². The second-order valence-electron chi connectivity index (χ2n) is 4.57. The van der Waals surface area contributed by atoms with Gasteiger partial charge in [0, 0.05) is 12.2 Å². The highest BCUT2D eigenvalue weighted by molar-refractivity contribution is 5.74. The summed E-state index contributed by atoms with van der Waals surface area (Å²) in [5.41, 5.74) is 1.02. The summed E-state index contributed by atoms with van der Waals surface area (Å²) >= 11 is 0. The number of rotatable bonds is 5. The lowest BCUT2D eigenvalue weighted by molar-refractivity contribution is -0.146. The maximum absolute atomic E-state index is 10.9. The third-order valence-corrected chi connectivity index (χ3v) is 2.55. The second-order valence-corrected chi connectivity index (χ2v) is 4.57. The van der Waals surface area contributed by atoms with Crippen LogP contribution < -0.4 is 5.32 Å². The summed E-state index contributed by atoms with van der Waals surface area (Å²) in [5.74, 6) is -0.828. The maximum atomic E-state index is 10.9. The first kappa shape index (κ1) is 13.0. The van der Waals surface area contributed by atoms with Gasteiger partial charge in [-0.05, 0) is 31.5 Å². The van der Waals surface area contributed by atoms with Gasteiger partial charge in [-0.1, -0.05) is 12.1 Å². The molecule has 1 rings (SSSR count). The van der Waals surface area contributed by atoms with E-state index < -0.39 is 11.4 Å². The summed E-state index contributed by atoms with van der Waals surface area (Å²) in [4.78, 5) is 10.9. The molecule has 0 aromatic heterocycles. The molecule has 0 saturated heterocycles. The molecule has 0 heterocycles. The number of nitrogens with zero attached hydrogens (tertiary/aromatic N) is 1. The van der Waals surface area contributed by atoms with E-state index in [0.29, 0.717) is 13.0 Å². The number of anilines is 1. The molecule has 0 bridgehead atoms. The highest BCUT2D eigenvalue weighted by Gasteiger charge is 2.26. The molecule has 0 aliphatic carbocycles. The van der Waals surface area contributed by atoms with Crippen LogP contribution in [-0.2, 0) is 11.2 Å². The molecule has 17 heavy (non-hydrogen) atoms. The van der Waals surface area contributed by atoms with Crippen LogP contribution in [0.25, 0.3) is 0 Å². The number of carbonyl (C=O) groups is 1. The number of carboxylic acids is 1. The Morgan fingerprint density at radius 1 is 1.41 bits per heavy atom. The van der Waals surface area contributed by atoms with Gasteiger partial charge in [-0.15, -0.1) is 0 Å². The van der Waals surface area contributed by atoms with Gasteiger partial charge in [0.2, 0.25) is 0 Å². The molecule has 90 valence electrons. The average molecular weight is 232 g/mol. The summed E-state index contributed by atoms with van der Waals surface area (Å²) in [6, 6.07) is 9.50. The van der Waals surface area contributed by atoms with Gasteiger partial charge in [0.05, 0.1) is 17.9 Å². The molecular formula is C13H16N2O2. The molecule has 0 atom stereocenters. The Labute approximate surface area is 101 Å². The summed E-state index contributed by atoms with van der Waals surface area (Å²) in [6.07, 6.45) is 0.390. The van der Waals surface area contributed by atoms with Gasteiger partial charge >= 0.3 is 5.97 Å². The quantitative estimate of drug-likeness (QED) is 0.816. The number of hydrogen-bond donors (Lipinski definition) is 2. The Bertz CT molecular complexity index is 430. The van der Waals surface area contributed by atoms with Crippen molar-refractivity contribution in [3.05, 3.63) is 29.8 Å². The van der Waals surface area contributed by atoms with Crippen molar-refractivity contribution in [2.75, 3.05) is 11.9 Å². The van der Waals surface area contributed by atoms with Crippen LogP contribution in [0.5, 0.6) is 0 Å². The van der Waals surface area contributed by atoms with Gasteiger partial charge in [-0.3, -0.25) is 4.79 Å². The van der Waals surface area contributed by atoms with Crippen molar-refractivity contribution in [3.63, 3.8) is 0 Å². The van der Waals surface area contributed by atoms with Gasteiger partial charge < -0.3 is 10.4 Å². The highest BCUT2D eigenvalue weighted by atomic mass is 16.4. The van der Waals surface area contributed by atoms with Gasteiger partial charge in [0.1, 0.15) is 0 Å². The van der Waals surface area contributed by atoms with Crippen LogP contribution in [0.2, 0.25) is 0 Å². The molecule has 0 unspecified atom stereocenters. The van der Waals surface area contributed by atoms with E-state index in [9.17, 15) is 4.79 Å². The third-order valence-electron chi connectivity index (χ3n) is 2.55. The van der Waals surface area contributed by atoms with Crippen LogP contribution in [0.1, 0.15) is 19.4 Å². The maximum Gasteiger partial charge on any atom is 0.310 e. The lowest BCUT2D eigenvalue weighted by Crippen LogP contribution is -2.31. The molecule has 0 aliphatic heterocycles. The van der Waals surface area contributed by atoms with E-state index in [-0.39, 0.29) is 0 Å². The molecule has 4 nitrogen and oxygen atoms in total. The zero-order valence-electron chi connectivity index (χ0n) is 10.0. The van der Waals surface area contributed by atoms with Crippen molar-refractivity contribution in [3.8, 4) is 6.07 Å². The molecule has 0 amide bonds. The van der Waals surface area contributed by atoms with Gasteiger partial charge in [0.15, 0.2) is 0 Å². The second kappa shape index (κ2) is 5.35. The number of benzene rings is 1. The smallest absolute Gasteiger partial charge is 0.310 e. The van der Waals surface area contributed by atoms with Crippen LogP contribution in [0.4, 0.5) is 5.69 Å². The Morgan fingerprint density at radius 3 is 2.47 bits per heavy atom. The van der Waals surface area contributed by atoms with Crippen molar-refractivity contribution < 1.29 is 9.90 Å². The first-order valence-corrected chi connectivity index (χ1v) is 5.39. The molecule has 0 spiro atoms. The molecule has 0 saturated carbocycles. The van der Waals surface area contributed by atoms with E-state index in [0.717, 1.165) is 11.3 Å². The fourth-order valence-electron chi connectivity index (χ4n) is 1.23. The third kappa shape index (κ3) is 3.80. The molecule has 0 aliphatic rings. The number of hydrogen-bond acceptors (Lipinski definition) is 3.